The maximum Gasteiger partial charge on any atom is 0.334 e. The Bertz CT molecular complexity index is 443. The molecule has 1 aromatic rings. The first-order valence-electron chi connectivity index (χ1n) is 4.90. The van der Waals surface area contributed by atoms with Crippen molar-refractivity contribution in [1.29, 1.82) is 0 Å². The fourth-order valence-electron chi connectivity index (χ4n) is 1.20. The Labute approximate surface area is 97.5 Å². The van der Waals surface area contributed by atoms with E-state index in [0.29, 0.717) is 0 Å². The Hall–Kier alpha value is -2.08. The lowest BCUT2D eigenvalue weighted by Crippen LogP contribution is -2.36. The van der Waals surface area contributed by atoms with E-state index in [1.165, 1.54) is 12.1 Å². The number of carboxylic acid groups (broad SMARTS) is 1. The Kier molecular flexibility index (Phi) is 4.06. The number of benzene rings is 1. The minimum Gasteiger partial charge on any atom is -0.507 e. The van der Waals surface area contributed by atoms with E-state index >= 15 is 0 Å². The van der Waals surface area contributed by atoms with Gasteiger partial charge < -0.3 is 20.6 Å². The van der Waals surface area contributed by atoms with Gasteiger partial charge >= 0.3 is 5.97 Å². The number of aryl methyl sites for hydroxylation is 1. The second kappa shape index (κ2) is 5.31. The first-order chi connectivity index (χ1) is 7.91. The normalized spacial score (nSPS) is 11.9. The minimum atomic E-state index is -1.66. The smallest absolute Gasteiger partial charge is 0.334 e. The van der Waals surface area contributed by atoms with Crippen LogP contribution in [0.3, 0.4) is 0 Å². The lowest BCUT2D eigenvalue weighted by molar-refractivity contribution is -0.146. The number of nitrogens with one attached hydrogen (secondary N) is 1. The number of phenols is 1. The number of hydrogen-bond acceptors (Lipinski definition) is 4. The standard InChI is InChI=1S/C11H13NO5/c1-6-2-3-8(13)7(4-6)10(15)12-5-9(14)11(16)17/h2-4,9,13-14H,5H2,1H3,(H,12,15)(H,16,17)/t9-/m0/s1. The van der Waals surface area contributed by atoms with Gasteiger partial charge in [-0.2, -0.15) is 0 Å². The van der Waals surface area contributed by atoms with E-state index in [0.717, 1.165) is 5.56 Å². The molecule has 1 atom stereocenters. The van der Waals surface area contributed by atoms with Gasteiger partial charge in [-0.3, -0.25) is 4.79 Å². The van der Waals surface area contributed by atoms with Crippen molar-refractivity contribution in [1.82, 2.24) is 5.32 Å². The largest absolute Gasteiger partial charge is 0.507 e. The summed E-state index contributed by atoms with van der Waals surface area (Å²) in [5.41, 5.74) is 0.828. The Balaban J connectivity index is 2.70. The average Bonchev–Trinajstić information content (AvgIpc) is 2.28. The predicted molar refractivity (Wildman–Crippen MR) is 58.8 cm³/mol. The van der Waals surface area contributed by atoms with Crippen LogP contribution in [0.5, 0.6) is 5.75 Å². The molecule has 0 fully saturated rings. The number of hydrogen-bond donors (Lipinski definition) is 4. The van der Waals surface area contributed by atoms with Crippen LogP contribution in [0.15, 0.2) is 18.2 Å². The molecule has 0 saturated carbocycles. The van der Waals surface area contributed by atoms with Gasteiger partial charge in [0, 0.05) is 0 Å². The van der Waals surface area contributed by atoms with Crippen molar-refractivity contribution in [2.45, 2.75) is 13.0 Å². The third kappa shape index (κ3) is 3.46. The number of aromatic hydroxyl groups is 1. The molecule has 0 aliphatic carbocycles. The molecule has 0 bridgehead atoms. The molecule has 0 aromatic heterocycles. The summed E-state index contributed by atoms with van der Waals surface area (Å²) < 4.78 is 0. The Morgan fingerprint density at radius 1 is 1.41 bits per heavy atom. The summed E-state index contributed by atoms with van der Waals surface area (Å²) in [4.78, 5) is 21.9. The lowest BCUT2D eigenvalue weighted by atomic mass is 10.1. The van der Waals surface area contributed by atoms with Gasteiger partial charge in [-0.05, 0) is 19.1 Å². The van der Waals surface area contributed by atoms with Gasteiger partial charge in [0.25, 0.3) is 5.91 Å². The van der Waals surface area contributed by atoms with E-state index in [-0.39, 0.29) is 11.3 Å². The van der Waals surface area contributed by atoms with E-state index in [9.17, 15) is 14.7 Å². The Morgan fingerprint density at radius 3 is 2.65 bits per heavy atom. The molecule has 6 heteroatoms. The van der Waals surface area contributed by atoms with Crippen molar-refractivity contribution >= 4 is 11.9 Å². The molecule has 0 saturated heterocycles. The predicted octanol–water partition coefficient (Wildman–Crippen LogP) is -0.124. The molecule has 0 unspecified atom stereocenters. The van der Waals surface area contributed by atoms with E-state index in [1.54, 1.807) is 13.0 Å². The molecule has 1 amide bonds. The van der Waals surface area contributed by atoms with E-state index in [1.807, 2.05) is 0 Å². The summed E-state index contributed by atoms with van der Waals surface area (Å²) >= 11 is 0. The summed E-state index contributed by atoms with van der Waals surface area (Å²) in [7, 11) is 0. The zero-order valence-electron chi connectivity index (χ0n) is 9.17. The van der Waals surface area contributed by atoms with Crippen molar-refractivity contribution in [3.63, 3.8) is 0 Å². The van der Waals surface area contributed by atoms with E-state index < -0.39 is 24.5 Å². The molecule has 1 aromatic carbocycles. The van der Waals surface area contributed by atoms with Crippen LogP contribution >= 0.6 is 0 Å². The lowest BCUT2D eigenvalue weighted by Gasteiger charge is -2.09. The van der Waals surface area contributed by atoms with Gasteiger partial charge in [-0.1, -0.05) is 11.6 Å². The van der Waals surface area contributed by atoms with Gasteiger partial charge in [0.1, 0.15) is 5.75 Å². The molecule has 17 heavy (non-hydrogen) atoms. The molecule has 0 spiro atoms. The third-order valence-electron chi connectivity index (χ3n) is 2.14. The quantitative estimate of drug-likeness (QED) is 0.585. The van der Waals surface area contributed by atoms with Gasteiger partial charge in [0.15, 0.2) is 6.10 Å². The highest BCUT2D eigenvalue weighted by atomic mass is 16.4. The maximum absolute atomic E-state index is 11.6. The zero-order valence-corrected chi connectivity index (χ0v) is 9.17. The van der Waals surface area contributed by atoms with Crippen LogP contribution in [0.25, 0.3) is 0 Å². The number of rotatable bonds is 4. The molecule has 1 rings (SSSR count). The van der Waals surface area contributed by atoms with Crippen LogP contribution in [-0.2, 0) is 4.79 Å². The summed E-state index contributed by atoms with van der Waals surface area (Å²) in [5.74, 6) is -2.25. The highest BCUT2D eigenvalue weighted by molar-refractivity contribution is 5.97. The second-order valence-corrected chi connectivity index (χ2v) is 3.58. The second-order valence-electron chi connectivity index (χ2n) is 3.58. The molecular weight excluding hydrogens is 226 g/mol. The SMILES string of the molecule is Cc1ccc(O)c(C(=O)NC[C@H](O)C(=O)O)c1. The summed E-state index contributed by atoms with van der Waals surface area (Å²) in [6.07, 6.45) is -1.66. The van der Waals surface area contributed by atoms with Crippen molar-refractivity contribution in [2.24, 2.45) is 0 Å². The molecule has 0 aliphatic rings. The van der Waals surface area contributed by atoms with Crippen LogP contribution in [0.2, 0.25) is 0 Å². The van der Waals surface area contributed by atoms with Crippen LogP contribution in [0.4, 0.5) is 0 Å². The number of carbonyl (C=O) groups is 2. The number of aliphatic hydroxyl groups excluding tert-OH is 1. The van der Waals surface area contributed by atoms with Gasteiger partial charge in [0.2, 0.25) is 0 Å². The summed E-state index contributed by atoms with van der Waals surface area (Å²) in [6.45, 7) is 1.34. The van der Waals surface area contributed by atoms with E-state index in [2.05, 4.69) is 5.32 Å². The molecule has 4 N–H and O–H groups in total. The van der Waals surface area contributed by atoms with Crippen LogP contribution in [0.1, 0.15) is 15.9 Å². The molecular formula is C11H13NO5. The topological polar surface area (TPSA) is 107 Å². The zero-order chi connectivity index (χ0) is 13.0. The molecule has 0 heterocycles. The van der Waals surface area contributed by atoms with Crippen LogP contribution < -0.4 is 5.32 Å². The maximum atomic E-state index is 11.6. The third-order valence-corrected chi connectivity index (χ3v) is 2.14. The summed E-state index contributed by atoms with van der Waals surface area (Å²) in [6, 6.07) is 4.48. The van der Waals surface area contributed by atoms with Gasteiger partial charge in [-0.15, -0.1) is 0 Å². The molecule has 6 nitrogen and oxygen atoms in total. The number of aliphatic carboxylic acids is 1. The highest BCUT2D eigenvalue weighted by Gasteiger charge is 2.16. The van der Waals surface area contributed by atoms with Crippen molar-refractivity contribution in [3.05, 3.63) is 29.3 Å². The Morgan fingerprint density at radius 2 is 2.06 bits per heavy atom. The van der Waals surface area contributed by atoms with Crippen molar-refractivity contribution < 1.29 is 24.9 Å². The highest BCUT2D eigenvalue weighted by Crippen LogP contribution is 2.17. The fraction of sp³-hybridized carbons (Fsp3) is 0.273. The number of phenolic OH excluding ortho intramolecular Hbond substituents is 1. The van der Waals surface area contributed by atoms with Gasteiger partial charge in [0.05, 0.1) is 12.1 Å². The average molecular weight is 239 g/mol. The number of amides is 1. The number of carbonyl (C=O) groups excluding carboxylic acids is 1. The molecule has 0 radical (unpaired) electrons. The first kappa shape index (κ1) is 13.0. The first-order valence-corrected chi connectivity index (χ1v) is 4.90. The van der Waals surface area contributed by atoms with E-state index in [4.69, 9.17) is 10.2 Å². The van der Waals surface area contributed by atoms with Gasteiger partial charge in [-0.25, -0.2) is 4.79 Å². The minimum absolute atomic E-state index is 0.0441. The number of aliphatic hydroxyl groups is 1. The summed E-state index contributed by atoms with van der Waals surface area (Å²) in [5, 5.41) is 29.0. The van der Waals surface area contributed by atoms with Crippen LogP contribution in [0, 0.1) is 6.92 Å². The van der Waals surface area contributed by atoms with Crippen LogP contribution in [-0.4, -0.2) is 39.8 Å². The number of carboxylic acids is 1. The monoisotopic (exact) mass is 239 g/mol. The fourth-order valence-corrected chi connectivity index (χ4v) is 1.20. The van der Waals surface area contributed by atoms with Crippen molar-refractivity contribution in [3.8, 4) is 5.75 Å². The molecule has 92 valence electrons. The molecule has 0 aliphatic heterocycles. The van der Waals surface area contributed by atoms with Crippen molar-refractivity contribution in [2.75, 3.05) is 6.54 Å².